The SMILES string of the molecule is N#Cc1c(NCc2ccccc2)nc(NCc2ccccc2)c(C#N)c1-c1c(Cl)cccc1Cl. The molecule has 4 aromatic rings. The van der Waals surface area contributed by atoms with E-state index in [0.717, 1.165) is 11.1 Å². The maximum atomic E-state index is 10.1. The smallest absolute Gasteiger partial charge is 0.147 e. The molecule has 0 spiro atoms. The third-order valence-electron chi connectivity index (χ3n) is 5.24. The van der Waals surface area contributed by atoms with Crippen LogP contribution in [0.15, 0.2) is 78.9 Å². The average Bonchev–Trinajstić information content (AvgIpc) is 2.87. The number of benzene rings is 3. The molecule has 0 radical (unpaired) electrons. The molecule has 1 heterocycles. The van der Waals surface area contributed by atoms with Gasteiger partial charge in [-0.2, -0.15) is 10.5 Å². The van der Waals surface area contributed by atoms with Crippen LogP contribution >= 0.6 is 23.2 Å². The van der Waals surface area contributed by atoms with Gasteiger partial charge in [0.2, 0.25) is 0 Å². The number of pyridine rings is 1. The number of nitrogens with zero attached hydrogens (tertiary/aromatic N) is 3. The van der Waals surface area contributed by atoms with Gasteiger partial charge >= 0.3 is 0 Å². The molecule has 0 amide bonds. The maximum absolute atomic E-state index is 10.1. The highest BCUT2D eigenvalue weighted by molar-refractivity contribution is 6.39. The summed E-state index contributed by atoms with van der Waals surface area (Å²) in [5, 5.41) is 27.4. The molecule has 0 fully saturated rings. The largest absolute Gasteiger partial charge is 0.365 e. The molecule has 1 aromatic heterocycles. The first-order valence-corrected chi connectivity index (χ1v) is 11.3. The minimum absolute atomic E-state index is 0.202. The summed E-state index contributed by atoms with van der Waals surface area (Å²) in [6.07, 6.45) is 0. The summed E-state index contributed by atoms with van der Waals surface area (Å²) in [5.74, 6) is 0.679. The number of rotatable bonds is 7. The first-order chi connectivity index (χ1) is 16.6. The van der Waals surface area contributed by atoms with Gasteiger partial charge in [0.05, 0.1) is 0 Å². The Bertz CT molecular complexity index is 1290. The molecule has 0 unspecified atom stereocenters. The van der Waals surface area contributed by atoms with Crippen molar-refractivity contribution in [3.63, 3.8) is 0 Å². The molecule has 0 saturated carbocycles. The summed E-state index contributed by atoms with van der Waals surface area (Å²) in [7, 11) is 0. The molecule has 0 atom stereocenters. The van der Waals surface area contributed by atoms with Gasteiger partial charge < -0.3 is 10.6 Å². The molecule has 5 nitrogen and oxygen atoms in total. The molecule has 0 aliphatic carbocycles. The predicted octanol–water partition coefficient (Wildman–Crippen LogP) is 7.02. The second kappa shape index (κ2) is 10.7. The normalized spacial score (nSPS) is 10.2. The van der Waals surface area contributed by atoms with Crippen LogP contribution in [0.2, 0.25) is 10.0 Å². The predicted molar refractivity (Wildman–Crippen MR) is 137 cm³/mol. The lowest BCUT2D eigenvalue weighted by atomic mass is 9.95. The van der Waals surface area contributed by atoms with E-state index in [0.29, 0.717) is 45.9 Å². The van der Waals surface area contributed by atoms with Gasteiger partial charge in [-0.15, -0.1) is 0 Å². The van der Waals surface area contributed by atoms with Crippen LogP contribution in [-0.2, 0) is 13.1 Å². The van der Waals surface area contributed by atoms with Gasteiger partial charge in [0.1, 0.15) is 34.9 Å². The van der Waals surface area contributed by atoms with Crippen molar-refractivity contribution in [2.24, 2.45) is 0 Å². The van der Waals surface area contributed by atoms with Gasteiger partial charge in [-0.3, -0.25) is 0 Å². The monoisotopic (exact) mass is 483 g/mol. The molecule has 3 aromatic carbocycles. The third kappa shape index (κ3) is 4.97. The van der Waals surface area contributed by atoms with Crippen molar-refractivity contribution in [1.82, 2.24) is 4.98 Å². The Balaban J connectivity index is 1.86. The Morgan fingerprint density at radius 3 is 1.47 bits per heavy atom. The summed E-state index contributed by atoms with van der Waals surface area (Å²) in [4.78, 5) is 4.64. The van der Waals surface area contributed by atoms with Crippen LogP contribution in [0.3, 0.4) is 0 Å². The van der Waals surface area contributed by atoms with Crippen molar-refractivity contribution in [3.8, 4) is 23.3 Å². The number of hydrogen-bond acceptors (Lipinski definition) is 5. The van der Waals surface area contributed by atoms with E-state index in [1.165, 1.54) is 0 Å². The maximum Gasteiger partial charge on any atom is 0.147 e. The molecular weight excluding hydrogens is 465 g/mol. The Labute approximate surface area is 208 Å². The van der Waals surface area contributed by atoms with E-state index in [4.69, 9.17) is 23.2 Å². The summed E-state index contributed by atoms with van der Waals surface area (Å²) in [6, 6.07) is 29.0. The molecule has 0 aliphatic rings. The van der Waals surface area contributed by atoms with Gasteiger partial charge in [0.15, 0.2) is 0 Å². The lowest BCUT2D eigenvalue weighted by molar-refractivity contribution is 1.07. The summed E-state index contributed by atoms with van der Waals surface area (Å²) in [6.45, 7) is 0.893. The van der Waals surface area contributed by atoms with E-state index in [-0.39, 0.29) is 11.1 Å². The zero-order valence-corrected chi connectivity index (χ0v) is 19.5. The number of hydrogen-bond donors (Lipinski definition) is 2. The number of aromatic nitrogens is 1. The van der Waals surface area contributed by atoms with Crippen molar-refractivity contribution < 1.29 is 0 Å². The lowest BCUT2D eigenvalue weighted by Crippen LogP contribution is -2.11. The fourth-order valence-electron chi connectivity index (χ4n) is 3.61. The van der Waals surface area contributed by atoms with Crippen LogP contribution in [-0.4, -0.2) is 4.98 Å². The van der Waals surface area contributed by atoms with E-state index in [9.17, 15) is 10.5 Å². The summed E-state index contributed by atoms with van der Waals surface area (Å²) in [5.41, 5.74) is 3.22. The van der Waals surface area contributed by atoms with Crippen molar-refractivity contribution >= 4 is 34.8 Å². The summed E-state index contributed by atoms with van der Waals surface area (Å²) < 4.78 is 0. The second-order valence-corrected chi connectivity index (χ2v) is 8.25. The zero-order valence-electron chi connectivity index (χ0n) is 18.0. The molecule has 7 heteroatoms. The van der Waals surface area contributed by atoms with Crippen LogP contribution in [0.1, 0.15) is 22.3 Å². The third-order valence-corrected chi connectivity index (χ3v) is 5.87. The van der Waals surface area contributed by atoms with Crippen LogP contribution in [0, 0.1) is 22.7 Å². The van der Waals surface area contributed by atoms with Gasteiger partial charge in [0.25, 0.3) is 0 Å². The second-order valence-electron chi connectivity index (χ2n) is 7.43. The number of nitriles is 2. The molecule has 0 aliphatic heterocycles. The highest BCUT2D eigenvalue weighted by atomic mass is 35.5. The minimum Gasteiger partial charge on any atom is -0.365 e. The number of nitrogens with one attached hydrogen (secondary N) is 2. The first kappa shape index (κ1) is 23.1. The van der Waals surface area contributed by atoms with Gasteiger partial charge in [-0.1, -0.05) is 89.9 Å². The Hall–Kier alpha value is -4.03. The quantitative estimate of drug-likeness (QED) is 0.294. The molecule has 0 saturated heterocycles. The van der Waals surface area contributed by atoms with Crippen molar-refractivity contribution in [2.75, 3.05) is 10.6 Å². The average molecular weight is 484 g/mol. The van der Waals surface area contributed by atoms with E-state index in [1.807, 2.05) is 60.7 Å². The van der Waals surface area contributed by atoms with Gasteiger partial charge in [0, 0.05) is 34.3 Å². The zero-order chi connectivity index (χ0) is 23.9. The molecule has 166 valence electrons. The van der Waals surface area contributed by atoms with E-state index in [2.05, 4.69) is 27.8 Å². The Morgan fingerprint density at radius 1 is 0.618 bits per heavy atom. The minimum atomic E-state index is 0.202. The highest BCUT2D eigenvalue weighted by Crippen LogP contribution is 2.42. The molecule has 4 rings (SSSR count). The highest BCUT2D eigenvalue weighted by Gasteiger charge is 2.24. The number of halogens is 2. The van der Waals surface area contributed by atoms with E-state index < -0.39 is 0 Å². The lowest BCUT2D eigenvalue weighted by Gasteiger charge is -2.18. The van der Waals surface area contributed by atoms with Gasteiger partial charge in [-0.25, -0.2) is 4.98 Å². The standard InChI is InChI=1S/C27H19Cl2N5/c28-22-12-7-13-23(29)25(22)24-20(14-30)26(32-16-18-8-3-1-4-9-18)34-27(21(24)15-31)33-17-19-10-5-2-6-11-19/h1-13H,16-17H2,(H2,32,33,34). The molecule has 34 heavy (non-hydrogen) atoms. The van der Waals surface area contributed by atoms with Crippen LogP contribution in [0.5, 0.6) is 0 Å². The fourth-order valence-corrected chi connectivity index (χ4v) is 4.20. The Morgan fingerprint density at radius 2 is 1.06 bits per heavy atom. The topological polar surface area (TPSA) is 84.5 Å². The summed E-state index contributed by atoms with van der Waals surface area (Å²) >= 11 is 13.0. The van der Waals surface area contributed by atoms with Crippen LogP contribution in [0.4, 0.5) is 11.6 Å². The van der Waals surface area contributed by atoms with Crippen LogP contribution in [0.25, 0.3) is 11.1 Å². The molecular formula is C27H19Cl2N5. The van der Waals surface area contributed by atoms with Crippen molar-refractivity contribution in [3.05, 3.63) is 111 Å². The van der Waals surface area contributed by atoms with Crippen molar-refractivity contribution in [2.45, 2.75) is 13.1 Å². The number of anilines is 2. The Kier molecular flexibility index (Phi) is 7.30. The molecule has 0 bridgehead atoms. The molecule has 2 N–H and O–H groups in total. The van der Waals surface area contributed by atoms with Gasteiger partial charge in [-0.05, 0) is 23.3 Å². The van der Waals surface area contributed by atoms with Crippen LogP contribution < -0.4 is 10.6 Å². The first-order valence-electron chi connectivity index (χ1n) is 10.5. The fraction of sp³-hybridized carbons (Fsp3) is 0.0741. The van der Waals surface area contributed by atoms with E-state index in [1.54, 1.807) is 18.2 Å². The van der Waals surface area contributed by atoms with E-state index >= 15 is 0 Å². The van der Waals surface area contributed by atoms with Crippen molar-refractivity contribution in [1.29, 1.82) is 10.5 Å².